The number of hydrogen-bond donors (Lipinski definition) is 2. The fourth-order valence-electron chi connectivity index (χ4n) is 1.97. The highest BCUT2D eigenvalue weighted by atomic mass is 32.2. The minimum absolute atomic E-state index is 0.0386. The molecule has 0 aliphatic heterocycles. The van der Waals surface area contributed by atoms with E-state index in [1.165, 1.54) is 24.3 Å². The summed E-state index contributed by atoms with van der Waals surface area (Å²) in [5, 5.41) is 13.6. The Labute approximate surface area is 118 Å². The summed E-state index contributed by atoms with van der Waals surface area (Å²) in [6.07, 6.45) is 0. The minimum Gasteiger partial charge on any atom is -0.508 e. The van der Waals surface area contributed by atoms with Crippen LogP contribution in [-0.4, -0.2) is 23.3 Å². The van der Waals surface area contributed by atoms with Crippen LogP contribution in [0.3, 0.4) is 0 Å². The summed E-state index contributed by atoms with van der Waals surface area (Å²) in [6, 6.07) is 5.56. The van der Waals surface area contributed by atoms with Gasteiger partial charge >= 0.3 is 0 Å². The second-order valence-electron chi connectivity index (χ2n) is 4.59. The van der Waals surface area contributed by atoms with E-state index in [1.54, 1.807) is 4.68 Å². The van der Waals surface area contributed by atoms with Crippen molar-refractivity contribution in [2.75, 3.05) is 0 Å². The van der Waals surface area contributed by atoms with Gasteiger partial charge in [0.2, 0.25) is 10.0 Å². The molecule has 0 saturated heterocycles. The molecule has 2 N–H and O–H groups in total. The predicted octanol–water partition coefficient (Wildman–Crippen LogP) is 1.22. The molecule has 20 heavy (non-hydrogen) atoms. The standard InChI is InChI=1S/C13H17N3O3S/c1-9-13(10(2)16(3)15-9)8-14-20(18,19)12-6-4-5-11(17)7-12/h4-7,14,17H,8H2,1-3H3. The van der Waals surface area contributed by atoms with E-state index in [1.807, 2.05) is 20.9 Å². The number of rotatable bonds is 4. The molecule has 0 atom stereocenters. The number of nitrogens with zero attached hydrogens (tertiary/aromatic N) is 2. The van der Waals surface area contributed by atoms with E-state index in [4.69, 9.17) is 0 Å². The molecule has 6 nitrogen and oxygen atoms in total. The second-order valence-corrected chi connectivity index (χ2v) is 6.36. The molecule has 108 valence electrons. The van der Waals surface area contributed by atoms with Crippen LogP contribution < -0.4 is 4.72 Å². The van der Waals surface area contributed by atoms with E-state index in [0.29, 0.717) is 0 Å². The van der Waals surface area contributed by atoms with E-state index < -0.39 is 10.0 Å². The molecule has 0 amide bonds. The number of phenolic OH excluding ortho intramolecular Hbond substituents is 1. The molecule has 2 rings (SSSR count). The normalized spacial score (nSPS) is 11.8. The quantitative estimate of drug-likeness (QED) is 0.888. The molecule has 0 spiro atoms. The Kier molecular flexibility index (Phi) is 3.82. The first kappa shape index (κ1) is 14.5. The SMILES string of the molecule is Cc1nn(C)c(C)c1CNS(=O)(=O)c1cccc(O)c1. The van der Waals surface area contributed by atoms with Gasteiger partial charge in [0.25, 0.3) is 0 Å². The van der Waals surface area contributed by atoms with E-state index in [9.17, 15) is 13.5 Å². The van der Waals surface area contributed by atoms with Crippen LogP contribution in [0.5, 0.6) is 5.75 Å². The predicted molar refractivity (Wildman–Crippen MR) is 74.8 cm³/mol. The van der Waals surface area contributed by atoms with Crippen LogP contribution in [0.1, 0.15) is 17.0 Å². The van der Waals surface area contributed by atoms with Gasteiger partial charge in [-0.2, -0.15) is 5.10 Å². The number of sulfonamides is 1. The van der Waals surface area contributed by atoms with Gasteiger partial charge in [0, 0.05) is 24.8 Å². The van der Waals surface area contributed by atoms with Crippen LogP contribution in [0.15, 0.2) is 29.2 Å². The fraction of sp³-hybridized carbons (Fsp3) is 0.308. The maximum absolute atomic E-state index is 12.1. The average Bonchev–Trinajstić information content (AvgIpc) is 2.61. The first-order valence-electron chi connectivity index (χ1n) is 6.09. The van der Waals surface area contributed by atoms with Crippen LogP contribution >= 0.6 is 0 Å². The molecule has 7 heteroatoms. The van der Waals surface area contributed by atoms with Crippen molar-refractivity contribution in [3.8, 4) is 5.75 Å². The van der Waals surface area contributed by atoms with Crippen molar-refractivity contribution < 1.29 is 13.5 Å². The Balaban J connectivity index is 2.22. The summed E-state index contributed by atoms with van der Waals surface area (Å²) < 4.78 is 28.5. The molecule has 0 unspecified atom stereocenters. The zero-order valence-electron chi connectivity index (χ0n) is 11.6. The van der Waals surface area contributed by atoms with E-state index in [2.05, 4.69) is 9.82 Å². The van der Waals surface area contributed by atoms with Gasteiger partial charge in [-0.3, -0.25) is 4.68 Å². The van der Waals surface area contributed by atoms with Crippen LogP contribution in [0, 0.1) is 13.8 Å². The smallest absolute Gasteiger partial charge is 0.241 e. The average molecular weight is 295 g/mol. The highest BCUT2D eigenvalue weighted by Crippen LogP contribution is 2.17. The Morgan fingerprint density at radius 2 is 2.05 bits per heavy atom. The summed E-state index contributed by atoms with van der Waals surface area (Å²) in [5.74, 6) is -0.0818. The molecular weight excluding hydrogens is 278 g/mol. The van der Waals surface area contributed by atoms with Crippen molar-refractivity contribution >= 4 is 10.0 Å². The first-order chi connectivity index (χ1) is 9.31. The molecule has 2 aromatic rings. The van der Waals surface area contributed by atoms with Crippen LogP contribution in [-0.2, 0) is 23.6 Å². The fourth-order valence-corrected chi connectivity index (χ4v) is 3.01. The zero-order chi connectivity index (χ0) is 14.9. The number of aromatic hydroxyl groups is 1. The van der Waals surface area contributed by atoms with E-state index >= 15 is 0 Å². The van der Waals surface area contributed by atoms with E-state index in [0.717, 1.165) is 17.0 Å². The van der Waals surface area contributed by atoms with Crippen molar-refractivity contribution in [3.63, 3.8) is 0 Å². The molecule has 1 heterocycles. The third kappa shape index (κ3) is 2.83. The topological polar surface area (TPSA) is 84.2 Å². The molecule has 0 bridgehead atoms. The zero-order valence-corrected chi connectivity index (χ0v) is 12.4. The molecular formula is C13H17N3O3S. The van der Waals surface area contributed by atoms with Gasteiger partial charge in [-0.25, -0.2) is 13.1 Å². The summed E-state index contributed by atoms with van der Waals surface area (Å²) in [4.78, 5) is 0.0386. The molecule has 1 aromatic carbocycles. The Morgan fingerprint density at radius 1 is 1.35 bits per heavy atom. The largest absolute Gasteiger partial charge is 0.508 e. The van der Waals surface area contributed by atoms with Crippen molar-refractivity contribution in [3.05, 3.63) is 41.2 Å². The Morgan fingerprint density at radius 3 is 2.60 bits per heavy atom. The van der Waals surface area contributed by atoms with Crippen molar-refractivity contribution in [1.82, 2.24) is 14.5 Å². The maximum Gasteiger partial charge on any atom is 0.241 e. The van der Waals surface area contributed by atoms with Gasteiger partial charge in [-0.15, -0.1) is 0 Å². The summed E-state index contributed by atoms with van der Waals surface area (Å²) in [6.45, 7) is 3.90. The van der Waals surface area contributed by atoms with Crippen molar-refractivity contribution in [2.24, 2.45) is 7.05 Å². The molecule has 0 radical (unpaired) electrons. The summed E-state index contributed by atoms with van der Waals surface area (Å²) in [5.41, 5.74) is 2.57. The summed E-state index contributed by atoms with van der Waals surface area (Å²) >= 11 is 0. The van der Waals surface area contributed by atoms with Crippen LogP contribution in [0.4, 0.5) is 0 Å². The molecule has 1 aromatic heterocycles. The lowest BCUT2D eigenvalue weighted by Gasteiger charge is -2.07. The van der Waals surface area contributed by atoms with Gasteiger partial charge < -0.3 is 5.11 Å². The van der Waals surface area contributed by atoms with Crippen LogP contribution in [0.25, 0.3) is 0 Å². The molecule has 0 fully saturated rings. The van der Waals surface area contributed by atoms with Gasteiger partial charge in [-0.05, 0) is 32.0 Å². The molecule has 0 saturated carbocycles. The monoisotopic (exact) mass is 295 g/mol. The number of aryl methyl sites for hydroxylation is 2. The van der Waals surface area contributed by atoms with Gasteiger partial charge in [0.1, 0.15) is 5.75 Å². The van der Waals surface area contributed by atoms with E-state index in [-0.39, 0.29) is 17.2 Å². The molecule has 0 aliphatic carbocycles. The lowest BCUT2D eigenvalue weighted by atomic mass is 10.2. The third-order valence-corrected chi connectivity index (χ3v) is 4.62. The highest BCUT2D eigenvalue weighted by molar-refractivity contribution is 7.89. The van der Waals surface area contributed by atoms with Gasteiger partial charge in [0.05, 0.1) is 10.6 Å². The second kappa shape index (κ2) is 5.26. The Bertz CT molecular complexity index is 735. The molecule has 0 aliphatic rings. The minimum atomic E-state index is -3.65. The van der Waals surface area contributed by atoms with Crippen LogP contribution in [0.2, 0.25) is 0 Å². The van der Waals surface area contributed by atoms with Gasteiger partial charge in [0.15, 0.2) is 0 Å². The number of aromatic nitrogens is 2. The number of nitrogens with one attached hydrogen (secondary N) is 1. The lowest BCUT2D eigenvalue weighted by molar-refractivity contribution is 0.473. The maximum atomic E-state index is 12.1. The highest BCUT2D eigenvalue weighted by Gasteiger charge is 2.17. The third-order valence-electron chi connectivity index (χ3n) is 3.23. The summed E-state index contributed by atoms with van der Waals surface area (Å²) in [7, 11) is -1.84. The van der Waals surface area contributed by atoms with Crippen molar-refractivity contribution in [1.29, 1.82) is 0 Å². The number of phenols is 1. The number of benzene rings is 1. The Hall–Kier alpha value is -1.86. The number of hydrogen-bond acceptors (Lipinski definition) is 4. The van der Waals surface area contributed by atoms with Gasteiger partial charge in [-0.1, -0.05) is 6.07 Å². The first-order valence-corrected chi connectivity index (χ1v) is 7.57. The van der Waals surface area contributed by atoms with Crippen molar-refractivity contribution in [2.45, 2.75) is 25.3 Å². The lowest BCUT2D eigenvalue weighted by Crippen LogP contribution is -2.23.